The number of carbonyl (C=O) groups is 2. The van der Waals surface area contributed by atoms with E-state index in [9.17, 15) is 22.4 Å². The number of anilines is 1. The summed E-state index contributed by atoms with van der Waals surface area (Å²) in [7, 11) is -3.79. The molecule has 2 aromatic rings. The van der Waals surface area contributed by atoms with Gasteiger partial charge in [-0.3, -0.25) is 13.9 Å². The lowest BCUT2D eigenvalue weighted by atomic mass is 10.1. The molecule has 2 aromatic carbocycles. The van der Waals surface area contributed by atoms with E-state index in [1.807, 2.05) is 26.8 Å². The van der Waals surface area contributed by atoms with E-state index in [1.54, 1.807) is 26.0 Å². The summed E-state index contributed by atoms with van der Waals surface area (Å²) in [5, 5.41) is 2.78. The normalized spacial score (nSPS) is 12.4. The van der Waals surface area contributed by atoms with Gasteiger partial charge in [-0.2, -0.15) is 0 Å². The van der Waals surface area contributed by atoms with Gasteiger partial charge in [-0.15, -0.1) is 0 Å². The van der Waals surface area contributed by atoms with Crippen molar-refractivity contribution < 1.29 is 22.4 Å². The van der Waals surface area contributed by atoms with Crippen molar-refractivity contribution in [3.05, 3.63) is 65.0 Å². The van der Waals surface area contributed by atoms with Gasteiger partial charge in [-0.05, 0) is 63.9 Å². The third-order valence-corrected chi connectivity index (χ3v) is 6.29. The molecule has 180 valence electrons. The van der Waals surface area contributed by atoms with Gasteiger partial charge >= 0.3 is 0 Å². The minimum atomic E-state index is -3.79. The summed E-state index contributed by atoms with van der Waals surface area (Å²) in [6.45, 7) is 8.43. The molecule has 1 N–H and O–H groups in total. The Bertz CT molecular complexity index is 1100. The summed E-state index contributed by atoms with van der Waals surface area (Å²) in [4.78, 5) is 27.4. The van der Waals surface area contributed by atoms with Crippen molar-refractivity contribution in [2.75, 3.05) is 17.1 Å². The summed E-state index contributed by atoms with van der Waals surface area (Å²) >= 11 is 0. The lowest BCUT2D eigenvalue weighted by Gasteiger charge is -2.32. The highest BCUT2D eigenvalue weighted by molar-refractivity contribution is 7.92. The molecule has 0 bridgehead atoms. The number of amides is 2. The molecule has 1 atom stereocenters. The summed E-state index contributed by atoms with van der Waals surface area (Å²) in [6, 6.07) is 9.88. The van der Waals surface area contributed by atoms with Crippen LogP contribution in [0.15, 0.2) is 42.5 Å². The fraction of sp³-hybridized carbons (Fsp3) is 0.417. The van der Waals surface area contributed by atoms with Crippen LogP contribution in [0.2, 0.25) is 0 Å². The van der Waals surface area contributed by atoms with Gasteiger partial charge in [0.1, 0.15) is 18.4 Å². The molecular weight excluding hydrogens is 445 g/mol. The highest BCUT2D eigenvalue weighted by Gasteiger charge is 2.30. The molecule has 0 aliphatic carbocycles. The summed E-state index contributed by atoms with van der Waals surface area (Å²) in [5.41, 5.74) is 2.70. The molecular formula is C24H32FN3O4S. The van der Waals surface area contributed by atoms with E-state index < -0.39 is 34.3 Å². The number of nitrogens with one attached hydrogen (secondary N) is 1. The third-order valence-electron chi connectivity index (χ3n) is 5.16. The zero-order valence-corrected chi connectivity index (χ0v) is 20.7. The van der Waals surface area contributed by atoms with Gasteiger partial charge in [0.25, 0.3) is 0 Å². The molecule has 0 aliphatic rings. The fourth-order valence-electron chi connectivity index (χ4n) is 3.45. The minimum Gasteiger partial charge on any atom is -0.352 e. The lowest BCUT2D eigenvalue weighted by molar-refractivity contribution is -0.139. The highest BCUT2D eigenvalue weighted by Crippen LogP contribution is 2.24. The van der Waals surface area contributed by atoms with Gasteiger partial charge in [-0.1, -0.05) is 29.8 Å². The van der Waals surface area contributed by atoms with Gasteiger partial charge < -0.3 is 10.2 Å². The van der Waals surface area contributed by atoms with E-state index in [2.05, 4.69) is 5.32 Å². The van der Waals surface area contributed by atoms with Crippen molar-refractivity contribution in [1.29, 1.82) is 0 Å². The molecule has 0 aromatic heterocycles. The molecule has 7 nitrogen and oxygen atoms in total. The number of nitrogens with zero attached hydrogens (tertiary/aromatic N) is 2. The molecule has 0 saturated heterocycles. The summed E-state index contributed by atoms with van der Waals surface area (Å²) in [6.07, 6.45) is 1.04. The number of benzene rings is 2. The van der Waals surface area contributed by atoms with Crippen molar-refractivity contribution >= 4 is 27.5 Å². The van der Waals surface area contributed by atoms with Crippen LogP contribution in [0, 0.1) is 19.7 Å². The molecule has 9 heteroatoms. The van der Waals surface area contributed by atoms with Crippen LogP contribution in [-0.2, 0) is 26.2 Å². The average Bonchev–Trinajstić information content (AvgIpc) is 2.70. The smallest absolute Gasteiger partial charge is 0.244 e. The van der Waals surface area contributed by atoms with Crippen LogP contribution in [0.1, 0.15) is 37.5 Å². The topological polar surface area (TPSA) is 86.8 Å². The zero-order chi connectivity index (χ0) is 24.9. The Morgan fingerprint density at radius 2 is 1.64 bits per heavy atom. The monoisotopic (exact) mass is 477 g/mol. The maximum atomic E-state index is 13.4. The zero-order valence-electron chi connectivity index (χ0n) is 19.9. The second-order valence-corrected chi connectivity index (χ2v) is 10.5. The Hall–Kier alpha value is -2.94. The van der Waals surface area contributed by atoms with Crippen LogP contribution in [0.3, 0.4) is 0 Å². The third kappa shape index (κ3) is 7.28. The van der Waals surface area contributed by atoms with Gasteiger partial charge in [0.05, 0.1) is 11.9 Å². The Morgan fingerprint density at radius 3 is 2.15 bits per heavy atom. The van der Waals surface area contributed by atoms with E-state index in [-0.39, 0.29) is 18.5 Å². The van der Waals surface area contributed by atoms with Crippen molar-refractivity contribution in [2.24, 2.45) is 0 Å². The van der Waals surface area contributed by atoms with Crippen molar-refractivity contribution in [3.63, 3.8) is 0 Å². The Labute approximate surface area is 195 Å². The maximum Gasteiger partial charge on any atom is 0.244 e. The van der Waals surface area contributed by atoms with Crippen LogP contribution in [0.25, 0.3) is 0 Å². The first-order valence-electron chi connectivity index (χ1n) is 10.7. The van der Waals surface area contributed by atoms with E-state index in [1.165, 1.54) is 29.2 Å². The first-order chi connectivity index (χ1) is 15.3. The number of aryl methyl sites for hydroxylation is 2. The van der Waals surface area contributed by atoms with E-state index in [0.717, 1.165) is 16.1 Å². The first kappa shape index (κ1) is 26.3. The largest absolute Gasteiger partial charge is 0.352 e. The summed E-state index contributed by atoms with van der Waals surface area (Å²) in [5.74, 6) is -1.32. The molecule has 33 heavy (non-hydrogen) atoms. The Morgan fingerprint density at radius 1 is 1.03 bits per heavy atom. The predicted octanol–water partition coefficient (Wildman–Crippen LogP) is 3.15. The molecule has 0 aliphatic heterocycles. The molecule has 1 unspecified atom stereocenters. The lowest BCUT2D eigenvalue weighted by Crippen LogP contribution is -2.52. The SMILES string of the molecule is Cc1ccc(N(CC(=O)N(Cc2ccc(F)cc2)C(C)C(=O)NC(C)C)S(C)(=O)=O)c(C)c1. The summed E-state index contributed by atoms with van der Waals surface area (Å²) < 4.78 is 39.6. The second kappa shape index (κ2) is 10.8. The number of halogens is 1. The average molecular weight is 478 g/mol. The Balaban J connectivity index is 2.41. The number of rotatable bonds is 9. The van der Waals surface area contributed by atoms with E-state index in [0.29, 0.717) is 16.8 Å². The van der Waals surface area contributed by atoms with E-state index in [4.69, 9.17) is 0 Å². The molecule has 0 radical (unpaired) electrons. The number of hydrogen-bond donors (Lipinski definition) is 1. The van der Waals surface area contributed by atoms with Crippen LogP contribution in [0.5, 0.6) is 0 Å². The van der Waals surface area contributed by atoms with Gasteiger partial charge in [0.2, 0.25) is 21.8 Å². The van der Waals surface area contributed by atoms with Crippen molar-refractivity contribution in [2.45, 2.75) is 53.2 Å². The van der Waals surface area contributed by atoms with Gasteiger partial charge in [0, 0.05) is 12.6 Å². The maximum absolute atomic E-state index is 13.4. The number of sulfonamides is 1. The van der Waals surface area contributed by atoms with Crippen LogP contribution < -0.4 is 9.62 Å². The van der Waals surface area contributed by atoms with Crippen molar-refractivity contribution in [1.82, 2.24) is 10.2 Å². The van der Waals surface area contributed by atoms with Gasteiger partial charge in [-0.25, -0.2) is 12.8 Å². The minimum absolute atomic E-state index is 0.0241. The van der Waals surface area contributed by atoms with Crippen molar-refractivity contribution in [3.8, 4) is 0 Å². The first-order valence-corrected chi connectivity index (χ1v) is 12.5. The van der Waals surface area contributed by atoms with Crippen LogP contribution in [-0.4, -0.2) is 50.0 Å². The van der Waals surface area contributed by atoms with Crippen LogP contribution in [0.4, 0.5) is 10.1 Å². The fourth-order valence-corrected chi connectivity index (χ4v) is 4.36. The van der Waals surface area contributed by atoms with Crippen LogP contribution >= 0.6 is 0 Å². The van der Waals surface area contributed by atoms with Gasteiger partial charge in [0.15, 0.2) is 0 Å². The predicted molar refractivity (Wildman–Crippen MR) is 128 cm³/mol. The second-order valence-electron chi connectivity index (χ2n) is 8.55. The van der Waals surface area contributed by atoms with E-state index >= 15 is 0 Å². The molecule has 2 rings (SSSR count). The quantitative estimate of drug-likeness (QED) is 0.601. The standard InChI is InChI=1S/C24H32FN3O4S/c1-16(2)26-24(30)19(5)27(14-20-8-10-21(25)11-9-20)23(29)15-28(33(6,31)32)22-12-7-17(3)13-18(22)4/h7-13,16,19H,14-15H2,1-6H3,(H,26,30). The molecule has 0 saturated carbocycles. The Kier molecular flexibility index (Phi) is 8.60. The molecule has 0 spiro atoms. The number of carbonyl (C=O) groups excluding carboxylic acids is 2. The number of hydrogen-bond acceptors (Lipinski definition) is 4. The molecule has 2 amide bonds. The molecule has 0 fully saturated rings. The molecule has 0 heterocycles. The highest BCUT2D eigenvalue weighted by atomic mass is 32.2.